The van der Waals surface area contributed by atoms with Crippen molar-refractivity contribution in [2.24, 2.45) is 0 Å². The molecule has 3 rings (SSSR count). The Balaban J connectivity index is 1.60. The van der Waals surface area contributed by atoms with Gasteiger partial charge in [0.1, 0.15) is 10.8 Å². The van der Waals surface area contributed by atoms with Crippen LogP contribution in [0.1, 0.15) is 27.7 Å². The second-order valence-electron chi connectivity index (χ2n) is 5.47. The van der Waals surface area contributed by atoms with E-state index in [0.29, 0.717) is 12.8 Å². The zero-order chi connectivity index (χ0) is 16.2. The topological polar surface area (TPSA) is 42.9 Å². The maximum Gasteiger partial charge on any atom is 0.140 e. The monoisotopic (exact) mass is 342 g/mol. The molecule has 3 aromatic rings. The van der Waals surface area contributed by atoms with Crippen molar-refractivity contribution in [3.63, 3.8) is 0 Å². The highest BCUT2D eigenvalue weighted by atomic mass is 32.1. The van der Waals surface area contributed by atoms with E-state index in [1.165, 1.54) is 5.56 Å². The Bertz CT molecular complexity index is 806. The van der Waals surface area contributed by atoms with Crippen molar-refractivity contribution in [3.8, 4) is 10.6 Å². The van der Waals surface area contributed by atoms with Gasteiger partial charge in [-0.3, -0.25) is 4.79 Å². The second-order valence-corrected chi connectivity index (χ2v) is 7.62. The largest absolute Gasteiger partial charge is 0.299 e. The summed E-state index contributed by atoms with van der Waals surface area (Å²) in [6, 6.07) is 10.1. The SMILES string of the molecule is Cc1nc(C)c(-c2csc(CC(=O)CCc3ccccc3)n2)s1. The van der Waals surface area contributed by atoms with Crippen LogP contribution in [0.2, 0.25) is 0 Å². The van der Waals surface area contributed by atoms with Crippen molar-refractivity contribution in [2.45, 2.75) is 33.1 Å². The van der Waals surface area contributed by atoms with Crippen LogP contribution in [0.3, 0.4) is 0 Å². The van der Waals surface area contributed by atoms with Gasteiger partial charge in [0.2, 0.25) is 0 Å². The van der Waals surface area contributed by atoms with Crippen molar-refractivity contribution in [1.29, 1.82) is 0 Å². The average Bonchev–Trinajstić information content (AvgIpc) is 3.12. The molecule has 0 saturated carbocycles. The van der Waals surface area contributed by atoms with E-state index in [0.717, 1.165) is 32.7 Å². The fourth-order valence-corrected chi connectivity index (χ4v) is 4.22. The summed E-state index contributed by atoms with van der Waals surface area (Å²) in [5.41, 5.74) is 3.17. The lowest BCUT2D eigenvalue weighted by molar-refractivity contribution is -0.118. The van der Waals surface area contributed by atoms with Crippen LogP contribution >= 0.6 is 22.7 Å². The highest BCUT2D eigenvalue weighted by Gasteiger charge is 2.13. The average molecular weight is 342 g/mol. The van der Waals surface area contributed by atoms with Crippen LogP contribution in [0, 0.1) is 13.8 Å². The van der Waals surface area contributed by atoms with E-state index in [1.54, 1.807) is 22.7 Å². The minimum atomic E-state index is 0.243. The third kappa shape index (κ3) is 4.12. The first kappa shape index (κ1) is 16.0. The van der Waals surface area contributed by atoms with Gasteiger partial charge in [0.25, 0.3) is 0 Å². The molecule has 0 aliphatic rings. The number of benzene rings is 1. The van der Waals surface area contributed by atoms with Crippen LogP contribution < -0.4 is 0 Å². The van der Waals surface area contributed by atoms with Crippen molar-refractivity contribution in [3.05, 3.63) is 57.0 Å². The molecule has 118 valence electrons. The van der Waals surface area contributed by atoms with Crippen molar-refractivity contribution in [2.75, 3.05) is 0 Å². The van der Waals surface area contributed by atoms with Gasteiger partial charge in [0.15, 0.2) is 0 Å². The quantitative estimate of drug-likeness (QED) is 0.656. The summed E-state index contributed by atoms with van der Waals surface area (Å²) in [6.07, 6.45) is 1.79. The molecule has 5 heteroatoms. The van der Waals surface area contributed by atoms with E-state index in [-0.39, 0.29) is 5.78 Å². The van der Waals surface area contributed by atoms with Gasteiger partial charge in [-0.2, -0.15) is 0 Å². The van der Waals surface area contributed by atoms with Crippen LogP contribution in [0.5, 0.6) is 0 Å². The predicted molar refractivity (Wildman–Crippen MR) is 96.2 cm³/mol. The van der Waals surface area contributed by atoms with Crippen LogP contribution in [0.25, 0.3) is 10.6 Å². The van der Waals surface area contributed by atoms with Gasteiger partial charge in [-0.25, -0.2) is 9.97 Å². The summed E-state index contributed by atoms with van der Waals surface area (Å²) in [5.74, 6) is 0.243. The molecule has 0 amide bonds. The smallest absolute Gasteiger partial charge is 0.140 e. The van der Waals surface area contributed by atoms with Gasteiger partial charge in [0.05, 0.1) is 27.7 Å². The summed E-state index contributed by atoms with van der Waals surface area (Å²) in [7, 11) is 0. The van der Waals surface area contributed by atoms with Gasteiger partial charge in [0, 0.05) is 11.8 Å². The van der Waals surface area contributed by atoms with Crippen molar-refractivity contribution < 1.29 is 4.79 Å². The van der Waals surface area contributed by atoms with E-state index < -0.39 is 0 Å². The molecule has 0 unspecified atom stereocenters. The maximum atomic E-state index is 12.2. The minimum absolute atomic E-state index is 0.243. The predicted octanol–water partition coefficient (Wildman–Crippen LogP) is 4.63. The summed E-state index contributed by atoms with van der Waals surface area (Å²) in [4.78, 5) is 22.3. The lowest BCUT2D eigenvalue weighted by Gasteiger charge is -2.00. The number of ketones is 1. The van der Waals surface area contributed by atoms with Crippen LogP contribution in [0.15, 0.2) is 35.7 Å². The van der Waals surface area contributed by atoms with E-state index in [2.05, 4.69) is 22.1 Å². The van der Waals surface area contributed by atoms with E-state index in [9.17, 15) is 4.79 Å². The number of rotatable bonds is 6. The molecule has 0 saturated heterocycles. The molecule has 2 aromatic heterocycles. The van der Waals surface area contributed by atoms with Crippen LogP contribution in [-0.4, -0.2) is 15.8 Å². The maximum absolute atomic E-state index is 12.2. The Kier molecular flexibility index (Phi) is 4.98. The van der Waals surface area contributed by atoms with Crippen LogP contribution in [-0.2, 0) is 17.6 Å². The first-order valence-corrected chi connectivity index (χ1v) is 9.26. The molecular formula is C18H18N2OS2. The highest BCUT2D eigenvalue weighted by molar-refractivity contribution is 7.16. The number of hydrogen-bond acceptors (Lipinski definition) is 5. The first-order valence-electron chi connectivity index (χ1n) is 7.56. The van der Waals surface area contributed by atoms with Gasteiger partial charge in [-0.05, 0) is 25.8 Å². The van der Waals surface area contributed by atoms with Gasteiger partial charge < -0.3 is 0 Å². The van der Waals surface area contributed by atoms with Crippen molar-refractivity contribution >= 4 is 28.5 Å². The molecule has 0 radical (unpaired) electrons. The Morgan fingerprint density at radius 1 is 1.13 bits per heavy atom. The number of thiazole rings is 2. The number of carbonyl (C=O) groups excluding carboxylic acids is 1. The molecule has 0 bridgehead atoms. The standard InChI is InChI=1S/C18H18N2OS2/c1-12-18(23-13(2)19-12)16-11-22-17(20-16)10-15(21)9-8-14-6-4-3-5-7-14/h3-7,11H,8-10H2,1-2H3. The molecule has 2 heterocycles. The van der Waals surface area contributed by atoms with Gasteiger partial charge in [-0.1, -0.05) is 30.3 Å². The molecular weight excluding hydrogens is 324 g/mol. The number of aromatic nitrogens is 2. The third-order valence-corrected chi connectivity index (χ3v) is 5.52. The summed E-state index contributed by atoms with van der Waals surface area (Å²) in [6.45, 7) is 4.00. The molecule has 1 aromatic carbocycles. The van der Waals surface area contributed by atoms with E-state index in [4.69, 9.17) is 0 Å². The zero-order valence-electron chi connectivity index (χ0n) is 13.2. The number of nitrogens with zero attached hydrogens (tertiary/aromatic N) is 2. The normalized spacial score (nSPS) is 10.9. The highest BCUT2D eigenvalue weighted by Crippen LogP contribution is 2.30. The van der Waals surface area contributed by atoms with Gasteiger partial charge >= 0.3 is 0 Å². The van der Waals surface area contributed by atoms with E-state index >= 15 is 0 Å². The first-order chi connectivity index (χ1) is 11.1. The second kappa shape index (κ2) is 7.15. The van der Waals surface area contributed by atoms with E-state index in [1.807, 2.05) is 37.4 Å². The number of aryl methyl sites for hydroxylation is 3. The molecule has 0 aliphatic carbocycles. The summed E-state index contributed by atoms with van der Waals surface area (Å²) in [5, 5.41) is 3.97. The Hall–Kier alpha value is -1.85. The lowest BCUT2D eigenvalue weighted by Crippen LogP contribution is -2.04. The van der Waals surface area contributed by atoms with Crippen molar-refractivity contribution in [1.82, 2.24) is 9.97 Å². The fraction of sp³-hybridized carbons (Fsp3) is 0.278. The molecule has 0 spiro atoms. The Morgan fingerprint density at radius 3 is 2.61 bits per heavy atom. The number of Topliss-reactive ketones (excluding diaryl/α,β-unsaturated/α-hetero) is 1. The molecule has 0 aliphatic heterocycles. The molecule has 3 nitrogen and oxygen atoms in total. The Morgan fingerprint density at radius 2 is 1.91 bits per heavy atom. The van der Waals surface area contributed by atoms with Gasteiger partial charge in [-0.15, -0.1) is 22.7 Å². The molecule has 0 fully saturated rings. The zero-order valence-corrected chi connectivity index (χ0v) is 14.8. The van der Waals surface area contributed by atoms with Crippen LogP contribution in [0.4, 0.5) is 0 Å². The summed E-state index contributed by atoms with van der Waals surface area (Å²) >= 11 is 3.21. The lowest BCUT2D eigenvalue weighted by atomic mass is 10.1. The fourth-order valence-electron chi connectivity index (χ4n) is 2.45. The Labute approximate surface area is 144 Å². The molecule has 23 heavy (non-hydrogen) atoms. The number of carbonyl (C=O) groups is 1. The third-order valence-electron chi connectivity index (χ3n) is 3.57. The molecule has 0 N–H and O–H groups in total. The minimum Gasteiger partial charge on any atom is -0.299 e. The summed E-state index contributed by atoms with van der Waals surface area (Å²) < 4.78 is 0. The molecule has 0 atom stereocenters. The number of hydrogen-bond donors (Lipinski definition) is 0.